The van der Waals surface area contributed by atoms with Crippen LogP contribution in [0, 0.1) is 0 Å². The second-order valence-corrected chi connectivity index (χ2v) is 5.22. The Hall–Kier alpha value is -1.11. The van der Waals surface area contributed by atoms with Crippen LogP contribution in [0.1, 0.15) is 19.2 Å². The van der Waals surface area contributed by atoms with Crippen molar-refractivity contribution in [3.63, 3.8) is 0 Å². The van der Waals surface area contributed by atoms with Gasteiger partial charge in [-0.05, 0) is 47.1 Å². The van der Waals surface area contributed by atoms with E-state index in [2.05, 4.69) is 43.7 Å². The Morgan fingerprint density at radius 2 is 2.21 bits per heavy atom. The molecule has 1 aromatic heterocycles. The van der Waals surface area contributed by atoms with Crippen molar-refractivity contribution >= 4 is 39.2 Å². The Labute approximate surface area is 124 Å². The Morgan fingerprint density at radius 1 is 1.37 bits per heavy atom. The van der Waals surface area contributed by atoms with Crippen LogP contribution in [0.25, 0.3) is 0 Å². The summed E-state index contributed by atoms with van der Waals surface area (Å²) in [7, 11) is 0. The van der Waals surface area contributed by atoms with Gasteiger partial charge in [0.15, 0.2) is 0 Å². The Balaban J connectivity index is 1.99. The van der Waals surface area contributed by atoms with Crippen LogP contribution in [0.3, 0.4) is 0 Å². The highest BCUT2D eigenvalue weighted by Gasteiger charge is 2.08. The summed E-state index contributed by atoms with van der Waals surface area (Å²) < 4.78 is 6.31. The third-order valence-electron chi connectivity index (χ3n) is 2.34. The van der Waals surface area contributed by atoms with Gasteiger partial charge in [0.2, 0.25) is 5.89 Å². The molecule has 0 spiro atoms. The fourth-order valence-corrected chi connectivity index (χ4v) is 2.24. The molecule has 0 saturated carbocycles. The third-order valence-corrected chi connectivity index (χ3v) is 3.23. The van der Waals surface area contributed by atoms with E-state index in [1.807, 2.05) is 6.07 Å². The fourth-order valence-electron chi connectivity index (χ4n) is 1.45. The van der Waals surface area contributed by atoms with Gasteiger partial charge in [-0.3, -0.25) is 0 Å². The van der Waals surface area contributed by atoms with Gasteiger partial charge in [0.25, 0.3) is 0 Å². The van der Waals surface area contributed by atoms with Gasteiger partial charge in [-0.25, -0.2) is 0 Å². The molecule has 1 aromatic carbocycles. The Kier molecular flexibility index (Phi) is 5.18. The molecule has 102 valence electrons. The molecule has 0 bridgehead atoms. The summed E-state index contributed by atoms with van der Waals surface area (Å²) >= 11 is 9.29. The number of halogens is 2. The van der Waals surface area contributed by atoms with Crippen LogP contribution >= 0.6 is 27.5 Å². The van der Waals surface area contributed by atoms with Crippen LogP contribution in [0.15, 0.2) is 27.1 Å². The second kappa shape index (κ2) is 6.88. The maximum absolute atomic E-state index is 5.88. The number of hydrogen-bond acceptors (Lipinski definition) is 5. The SMILES string of the molecule is CCCNCc1nnc(Nc2ccc(Cl)cc2Br)o1. The first-order valence-corrected chi connectivity index (χ1v) is 7.11. The zero-order chi connectivity index (χ0) is 13.7. The van der Waals surface area contributed by atoms with Crippen molar-refractivity contribution in [2.45, 2.75) is 19.9 Å². The first-order chi connectivity index (χ1) is 9.19. The molecule has 1 heterocycles. The number of nitrogens with zero attached hydrogens (tertiary/aromatic N) is 2. The van der Waals surface area contributed by atoms with Crippen LogP contribution in [-0.4, -0.2) is 16.7 Å². The minimum Gasteiger partial charge on any atom is -0.406 e. The molecule has 2 aromatic rings. The van der Waals surface area contributed by atoms with Crippen LogP contribution in [0.2, 0.25) is 5.02 Å². The van der Waals surface area contributed by atoms with Gasteiger partial charge < -0.3 is 15.1 Å². The predicted octanol–water partition coefficient (Wildman–Crippen LogP) is 3.73. The molecule has 2 N–H and O–H groups in total. The molecule has 2 rings (SSSR count). The largest absolute Gasteiger partial charge is 0.406 e. The molecule has 0 radical (unpaired) electrons. The number of hydrogen-bond donors (Lipinski definition) is 2. The molecular formula is C12H14BrClN4O. The quantitative estimate of drug-likeness (QED) is 0.781. The van der Waals surface area contributed by atoms with Crippen molar-refractivity contribution < 1.29 is 4.42 Å². The summed E-state index contributed by atoms with van der Waals surface area (Å²) in [5, 5.41) is 14.8. The van der Waals surface area contributed by atoms with E-state index in [1.165, 1.54) is 0 Å². The summed E-state index contributed by atoms with van der Waals surface area (Å²) in [6, 6.07) is 5.78. The molecule has 19 heavy (non-hydrogen) atoms. The van der Waals surface area contributed by atoms with E-state index in [0.29, 0.717) is 23.5 Å². The first-order valence-electron chi connectivity index (χ1n) is 5.94. The number of anilines is 2. The molecule has 7 heteroatoms. The summed E-state index contributed by atoms with van der Waals surface area (Å²) in [4.78, 5) is 0. The van der Waals surface area contributed by atoms with E-state index in [0.717, 1.165) is 23.1 Å². The average Bonchev–Trinajstić information content (AvgIpc) is 2.81. The van der Waals surface area contributed by atoms with E-state index in [4.69, 9.17) is 16.0 Å². The lowest BCUT2D eigenvalue weighted by atomic mass is 10.3. The minimum absolute atomic E-state index is 0.358. The van der Waals surface area contributed by atoms with Gasteiger partial charge in [-0.15, -0.1) is 5.10 Å². The molecule has 0 unspecified atom stereocenters. The Bertz CT molecular complexity index is 546. The summed E-state index contributed by atoms with van der Waals surface area (Å²) in [5.74, 6) is 0.557. The average molecular weight is 346 g/mol. The summed E-state index contributed by atoms with van der Waals surface area (Å²) in [6.07, 6.45) is 1.07. The molecule has 0 aliphatic heterocycles. The zero-order valence-corrected chi connectivity index (χ0v) is 12.8. The van der Waals surface area contributed by atoms with Crippen molar-refractivity contribution in [3.05, 3.63) is 33.6 Å². The first kappa shape index (κ1) is 14.3. The molecule has 0 atom stereocenters. The number of rotatable bonds is 6. The normalized spacial score (nSPS) is 10.7. The monoisotopic (exact) mass is 344 g/mol. The standard InChI is InChI=1S/C12H14BrClN4O/c1-2-5-15-7-11-17-18-12(19-11)16-10-4-3-8(14)6-9(10)13/h3-4,6,15H,2,5,7H2,1H3,(H,16,18). The van der Waals surface area contributed by atoms with Crippen LogP contribution in [0.5, 0.6) is 0 Å². The van der Waals surface area contributed by atoms with Crippen LogP contribution in [0.4, 0.5) is 11.7 Å². The van der Waals surface area contributed by atoms with Crippen LogP contribution < -0.4 is 10.6 Å². The minimum atomic E-state index is 0.358. The van der Waals surface area contributed by atoms with Crippen LogP contribution in [-0.2, 0) is 6.54 Å². The van der Waals surface area contributed by atoms with Gasteiger partial charge in [-0.1, -0.05) is 23.6 Å². The van der Waals surface area contributed by atoms with Crippen molar-refractivity contribution in [1.29, 1.82) is 0 Å². The van der Waals surface area contributed by atoms with E-state index in [1.54, 1.807) is 12.1 Å². The summed E-state index contributed by atoms with van der Waals surface area (Å²) in [5.41, 5.74) is 0.820. The predicted molar refractivity (Wildman–Crippen MR) is 78.7 cm³/mol. The smallest absolute Gasteiger partial charge is 0.320 e. The molecular weight excluding hydrogens is 332 g/mol. The van der Waals surface area contributed by atoms with Crippen molar-refractivity contribution in [3.8, 4) is 0 Å². The number of nitrogens with one attached hydrogen (secondary N) is 2. The van der Waals surface area contributed by atoms with E-state index in [-0.39, 0.29) is 0 Å². The van der Waals surface area contributed by atoms with Gasteiger partial charge in [0, 0.05) is 9.50 Å². The highest BCUT2D eigenvalue weighted by molar-refractivity contribution is 9.10. The topological polar surface area (TPSA) is 63.0 Å². The van der Waals surface area contributed by atoms with Crippen molar-refractivity contribution in [2.24, 2.45) is 0 Å². The van der Waals surface area contributed by atoms with Gasteiger partial charge in [0.05, 0.1) is 12.2 Å². The molecule has 0 amide bonds. The zero-order valence-electron chi connectivity index (χ0n) is 10.4. The third kappa shape index (κ3) is 4.19. The molecule has 0 saturated heterocycles. The summed E-state index contributed by atoms with van der Waals surface area (Å²) in [6.45, 7) is 3.60. The maximum atomic E-state index is 5.88. The lowest BCUT2D eigenvalue weighted by Crippen LogP contribution is -2.13. The van der Waals surface area contributed by atoms with Gasteiger partial charge in [0.1, 0.15) is 0 Å². The molecule has 0 aliphatic rings. The lowest BCUT2D eigenvalue weighted by Gasteiger charge is -2.04. The fraction of sp³-hybridized carbons (Fsp3) is 0.333. The van der Waals surface area contributed by atoms with E-state index >= 15 is 0 Å². The van der Waals surface area contributed by atoms with Crippen molar-refractivity contribution in [2.75, 3.05) is 11.9 Å². The molecule has 0 fully saturated rings. The van der Waals surface area contributed by atoms with E-state index in [9.17, 15) is 0 Å². The molecule has 0 aliphatic carbocycles. The highest BCUT2D eigenvalue weighted by atomic mass is 79.9. The molecule has 5 nitrogen and oxygen atoms in total. The number of aromatic nitrogens is 2. The second-order valence-electron chi connectivity index (χ2n) is 3.93. The van der Waals surface area contributed by atoms with Gasteiger partial charge in [-0.2, -0.15) is 0 Å². The van der Waals surface area contributed by atoms with E-state index < -0.39 is 0 Å². The number of benzene rings is 1. The van der Waals surface area contributed by atoms with Gasteiger partial charge >= 0.3 is 6.01 Å². The highest BCUT2D eigenvalue weighted by Crippen LogP contribution is 2.28. The lowest BCUT2D eigenvalue weighted by molar-refractivity contribution is 0.479. The van der Waals surface area contributed by atoms with Crippen molar-refractivity contribution in [1.82, 2.24) is 15.5 Å². The Morgan fingerprint density at radius 3 is 2.95 bits per heavy atom. The maximum Gasteiger partial charge on any atom is 0.320 e.